The lowest BCUT2D eigenvalue weighted by Gasteiger charge is -2.32. The van der Waals surface area contributed by atoms with Gasteiger partial charge >= 0.3 is 0 Å². The average molecular weight is 429 g/mol. The number of nitrogens with one attached hydrogen (secondary N) is 1. The molecule has 1 aliphatic heterocycles. The number of hydrogen-bond donors (Lipinski definition) is 1. The molecule has 0 radical (unpaired) electrons. The monoisotopic (exact) mass is 428 g/mol. The SMILES string of the molecule is CC(C)C(C)NC(=O)C1CCN(Cn2nc(-c3cccnc3)n(C3CC3)c2=S)CC1. The molecular formula is C22H32N6OS. The van der Waals surface area contributed by atoms with Crippen molar-refractivity contribution < 1.29 is 4.79 Å². The van der Waals surface area contributed by atoms with Crippen LogP contribution >= 0.6 is 12.2 Å². The molecule has 4 rings (SSSR count). The van der Waals surface area contributed by atoms with Crippen LogP contribution in [-0.4, -0.2) is 49.3 Å². The van der Waals surface area contributed by atoms with Crippen molar-refractivity contribution >= 4 is 18.1 Å². The summed E-state index contributed by atoms with van der Waals surface area (Å²) in [6.07, 6.45) is 7.69. The Balaban J connectivity index is 1.41. The van der Waals surface area contributed by atoms with Gasteiger partial charge in [-0.25, -0.2) is 4.68 Å². The topological polar surface area (TPSA) is 68.0 Å². The average Bonchev–Trinajstić information content (AvgIpc) is 3.53. The van der Waals surface area contributed by atoms with Crippen LogP contribution in [0.1, 0.15) is 52.5 Å². The molecule has 1 atom stereocenters. The standard InChI is InChI=1S/C22H32N6OS/c1-15(2)16(3)24-21(29)17-8-11-26(12-9-17)14-27-22(30)28(19-6-7-19)20(25-27)18-5-4-10-23-13-18/h4-5,10,13,15-17,19H,6-9,11-12,14H2,1-3H3,(H,24,29). The number of hydrogen-bond acceptors (Lipinski definition) is 5. The van der Waals surface area contributed by atoms with Crippen LogP contribution in [0.25, 0.3) is 11.4 Å². The van der Waals surface area contributed by atoms with Gasteiger partial charge in [0.15, 0.2) is 10.6 Å². The second-order valence-electron chi connectivity index (χ2n) is 9.02. The number of pyridine rings is 1. The number of aromatic nitrogens is 4. The van der Waals surface area contributed by atoms with Gasteiger partial charge in [0.25, 0.3) is 0 Å². The minimum atomic E-state index is 0.102. The van der Waals surface area contributed by atoms with Crippen molar-refractivity contribution in [3.8, 4) is 11.4 Å². The maximum atomic E-state index is 12.5. The number of likely N-dealkylation sites (tertiary alicyclic amines) is 1. The Morgan fingerprint density at radius 3 is 2.57 bits per heavy atom. The van der Waals surface area contributed by atoms with Gasteiger partial charge in [0.1, 0.15) is 0 Å². The summed E-state index contributed by atoms with van der Waals surface area (Å²) in [6, 6.07) is 4.64. The van der Waals surface area contributed by atoms with E-state index in [4.69, 9.17) is 17.3 Å². The third kappa shape index (κ3) is 4.64. The van der Waals surface area contributed by atoms with Crippen LogP contribution in [0, 0.1) is 16.6 Å². The second-order valence-corrected chi connectivity index (χ2v) is 9.39. The van der Waals surface area contributed by atoms with Crippen molar-refractivity contribution in [1.29, 1.82) is 0 Å². The van der Waals surface area contributed by atoms with Crippen LogP contribution in [0.4, 0.5) is 0 Å². The molecule has 8 heteroatoms. The third-order valence-corrected chi connectivity index (χ3v) is 6.77. The number of amides is 1. The number of rotatable bonds is 7. The van der Waals surface area contributed by atoms with Crippen molar-refractivity contribution in [2.24, 2.45) is 11.8 Å². The van der Waals surface area contributed by atoms with E-state index in [1.54, 1.807) is 6.20 Å². The van der Waals surface area contributed by atoms with E-state index in [1.165, 1.54) is 0 Å². The zero-order valence-corrected chi connectivity index (χ0v) is 18.9. The van der Waals surface area contributed by atoms with Crippen LogP contribution in [-0.2, 0) is 11.5 Å². The van der Waals surface area contributed by atoms with Crippen LogP contribution in [0.5, 0.6) is 0 Å². The van der Waals surface area contributed by atoms with Gasteiger partial charge in [0, 0.05) is 49.0 Å². The van der Waals surface area contributed by atoms with Crippen molar-refractivity contribution in [1.82, 2.24) is 29.5 Å². The fraction of sp³-hybridized carbons (Fsp3) is 0.636. The highest BCUT2D eigenvalue weighted by Crippen LogP contribution is 2.38. The van der Waals surface area contributed by atoms with Gasteiger partial charge in [-0.05, 0) is 62.9 Å². The summed E-state index contributed by atoms with van der Waals surface area (Å²) in [4.78, 5) is 19.1. The van der Waals surface area contributed by atoms with Crippen molar-refractivity contribution in [3.63, 3.8) is 0 Å². The molecule has 2 fully saturated rings. The summed E-state index contributed by atoms with van der Waals surface area (Å²) in [7, 11) is 0. The summed E-state index contributed by atoms with van der Waals surface area (Å²) in [5.41, 5.74) is 1.00. The molecule has 7 nitrogen and oxygen atoms in total. The molecule has 0 aromatic carbocycles. The molecule has 0 spiro atoms. The highest BCUT2D eigenvalue weighted by atomic mass is 32.1. The highest BCUT2D eigenvalue weighted by molar-refractivity contribution is 7.71. The maximum absolute atomic E-state index is 12.5. The molecule has 0 bridgehead atoms. The lowest BCUT2D eigenvalue weighted by molar-refractivity contribution is -0.127. The first-order valence-corrected chi connectivity index (χ1v) is 11.5. The predicted molar refractivity (Wildman–Crippen MR) is 119 cm³/mol. The molecule has 1 saturated heterocycles. The second kappa shape index (κ2) is 8.98. The Morgan fingerprint density at radius 1 is 1.23 bits per heavy atom. The van der Waals surface area contributed by atoms with Gasteiger partial charge in [-0.3, -0.25) is 19.2 Å². The number of carbonyl (C=O) groups is 1. The van der Waals surface area contributed by atoms with Gasteiger partial charge in [-0.15, -0.1) is 0 Å². The lowest BCUT2D eigenvalue weighted by Crippen LogP contribution is -2.44. The number of carbonyl (C=O) groups excluding carboxylic acids is 1. The third-order valence-electron chi connectivity index (χ3n) is 6.36. The molecule has 1 unspecified atom stereocenters. The van der Waals surface area contributed by atoms with Crippen molar-refractivity contribution in [2.75, 3.05) is 13.1 Å². The first kappa shape index (κ1) is 21.2. The minimum Gasteiger partial charge on any atom is -0.353 e. The van der Waals surface area contributed by atoms with E-state index in [0.717, 1.165) is 54.9 Å². The van der Waals surface area contributed by atoms with E-state index < -0.39 is 0 Å². The highest BCUT2D eigenvalue weighted by Gasteiger charge is 2.30. The van der Waals surface area contributed by atoms with Crippen LogP contribution < -0.4 is 5.32 Å². The largest absolute Gasteiger partial charge is 0.353 e. The molecule has 2 aromatic heterocycles. The molecule has 1 N–H and O–H groups in total. The number of nitrogens with zero attached hydrogens (tertiary/aromatic N) is 5. The van der Waals surface area contributed by atoms with Gasteiger partial charge in [0.2, 0.25) is 5.91 Å². The normalized spacial score (nSPS) is 19.2. The minimum absolute atomic E-state index is 0.102. The van der Waals surface area contributed by atoms with Gasteiger partial charge < -0.3 is 5.32 Å². The van der Waals surface area contributed by atoms with Crippen LogP contribution in [0.3, 0.4) is 0 Å². The number of piperidine rings is 1. The molecule has 30 heavy (non-hydrogen) atoms. The van der Waals surface area contributed by atoms with E-state index in [1.807, 2.05) is 23.0 Å². The fourth-order valence-electron chi connectivity index (χ4n) is 3.90. The molecule has 2 aromatic rings. The molecular weight excluding hydrogens is 396 g/mol. The lowest BCUT2D eigenvalue weighted by atomic mass is 9.95. The smallest absolute Gasteiger partial charge is 0.223 e. The van der Waals surface area contributed by atoms with Crippen LogP contribution in [0.2, 0.25) is 0 Å². The molecule has 3 heterocycles. The first-order chi connectivity index (χ1) is 14.4. The maximum Gasteiger partial charge on any atom is 0.223 e. The summed E-state index contributed by atoms with van der Waals surface area (Å²) in [6.45, 7) is 8.79. The van der Waals surface area contributed by atoms with Crippen LogP contribution in [0.15, 0.2) is 24.5 Å². The van der Waals surface area contributed by atoms with E-state index in [0.29, 0.717) is 18.6 Å². The first-order valence-electron chi connectivity index (χ1n) is 11.1. The zero-order valence-electron chi connectivity index (χ0n) is 18.1. The Bertz CT molecular complexity index is 925. The van der Waals surface area contributed by atoms with E-state index in [9.17, 15) is 4.79 Å². The van der Waals surface area contributed by atoms with E-state index >= 15 is 0 Å². The molecule has 162 valence electrons. The quantitative estimate of drug-likeness (QED) is 0.682. The fourth-order valence-corrected chi connectivity index (χ4v) is 4.24. The molecule has 1 amide bonds. The van der Waals surface area contributed by atoms with Crippen molar-refractivity contribution in [2.45, 2.75) is 65.2 Å². The Hall–Kier alpha value is -2.06. The summed E-state index contributed by atoms with van der Waals surface area (Å²) >= 11 is 5.79. The Labute approximate surface area is 183 Å². The Kier molecular flexibility index (Phi) is 6.34. The predicted octanol–water partition coefficient (Wildman–Crippen LogP) is 3.64. The van der Waals surface area contributed by atoms with Gasteiger partial charge in [-0.1, -0.05) is 13.8 Å². The summed E-state index contributed by atoms with van der Waals surface area (Å²) < 4.78 is 4.92. The van der Waals surface area contributed by atoms with E-state index in [-0.39, 0.29) is 17.9 Å². The Morgan fingerprint density at radius 2 is 1.97 bits per heavy atom. The molecule has 1 saturated carbocycles. The zero-order chi connectivity index (χ0) is 21.3. The van der Waals surface area contributed by atoms with Gasteiger partial charge in [-0.2, -0.15) is 5.10 Å². The summed E-state index contributed by atoms with van der Waals surface area (Å²) in [5, 5.41) is 8.03. The summed E-state index contributed by atoms with van der Waals surface area (Å²) in [5.74, 6) is 1.66. The van der Waals surface area contributed by atoms with E-state index in [2.05, 4.69) is 40.5 Å². The molecule has 2 aliphatic rings. The van der Waals surface area contributed by atoms with Gasteiger partial charge in [0.05, 0.1) is 6.67 Å². The van der Waals surface area contributed by atoms with Crippen molar-refractivity contribution in [3.05, 3.63) is 29.3 Å². The molecule has 1 aliphatic carbocycles.